The largest absolute Gasteiger partial charge is 0.497 e. The second-order valence-electron chi connectivity index (χ2n) is 11.1. The molecule has 3 aromatic rings. The van der Waals surface area contributed by atoms with E-state index in [9.17, 15) is 4.79 Å². The van der Waals surface area contributed by atoms with Crippen LogP contribution in [0.5, 0.6) is 5.75 Å². The number of piperidine rings is 1. The zero-order chi connectivity index (χ0) is 28.6. The average Bonchev–Trinajstić information content (AvgIpc) is 2.96. The van der Waals surface area contributed by atoms with E-state index in [2.05, 4.69) is 52.1 Å². The quantitative estimate of drug-likeness (QED) is 0.348. The van der Waals surface area contributed by atoms with Gasteiger partial charge in [0.25, 0.3) is 5.91 Å². The van der Waals surface area contributed by atoms with E-state index in [0.717, 1.165) is 66.9 Å². The molecule has 1 fully saturated rings. The monoisotopic (exact) mass is 543 g/mol. The molecule has 1 aliphatic rings. The van der Waals surface area contributed by atoms with Crippen molar-refractivity contribution in [1.29, 1.82) is 0 Å². The van der Waals surface area contributed by atoms with Gasteiger partial charge >= 0.3 is 0 Å². The molecule has 0 saturated carbocycles. The Hall–Kier alpha value is -3.42. The van der Waals surface area contributed by atoms with Crippen LogP contribution in [0.25, 0.3) is 0 Å². The molecule has 3 N–H and O–H groups in total. The minimum atomic E-state index is 0.00492. The Morgan fingerprint density at radius 1 is 1.10 bits per heavy atom. The number of rotatable bonds is 11. The number of aromatic nitrogens is 1. The summed E-state index contributed by atoms with van der Waals surface area (Å²) in [6.07, 6.45) is 6.96. The Labute approximate surface area is 239 Å². The molecule has 1 aromatic heterocycles. The third kappa shape index (κ3) is 7.20. The van der Waals surface area contributed by atoms with Crippen LogP contribution in [0.1, 0.15) is 64.4 Å². The zero-order valence-corrected chi connectivity index (χ0v) is 24.7. The SMILES string of the molecule is COc1ccc(N(Cc2cnccc2C)C2CCN(C(C)CCNC(=O)c3c(C)cc(CN)cc3C)CC2)cc1. The minimum Gasteiger partial charge on any atom is -0.497 e. The molecule has 1 saturated heterocycles. The minimum absolute atomic E-state index is 0.00492. The summed E-state index contributed by atoms with van der Waals surface area (Å²) in [5.41, 5.74) is 13.3. The molecular weight excluding hydrogens is 498 g/mol. The van der Waals surface area contributed by atoms with Crippen molar-refractivity contribution in [3.8, 4) is 5.75 Å². The fraction of sp³-hybridized carbons (Fsp3) is 0.455. The van der Waals surface area contributed by atoms with Crippen LogP contribution in [0, 0.1) is 20.8 Å². The summed E-state index contributed by atoms with van der Waals surface area (Å²) >= 11 is 0. The van der Waals surface area contributed by atoms with Crippen LogP contribution in [-0.2, 0) is 13.1 Å². The van der Waals surface area contributed by atoms with Crippen molar-refractivity contribution < 1.29 is 9.53 Å². The molecule has 0 bridgehead atoms. The van der Waals surface area contributed by atoms with Crippen LogP contribution >= 0.6 is 0 Å². The van der Waals surface area contributed by atoms with Crippen LogP contribution < -0.4 is 20.7 Å². The number of benzene rings is 2. The summed E-state index contributed by atoms with van der Waals surface area (Å²) < 4.78 is 5.40. The summed E-state index contributed by atoms with van der Waals surface area (Å²) in [5, 5.41) is 3.16. The fourth-order valence-corrected chi connectivity index (χ4v) is 5.88. The number of aryl methyl sites for hydroxylation is 3. The van der Waals surface area contributed by atoms with Crippen LogP contribution in [0.15, 0.2) is 54.9 Å². The van der Waals surface area contributed by atoms with Crippen LogP contribution in [-0.4, -0.2) is 54.6 Å². The maximum atomic E-state index is 12.9. The van der Waals surface area contributed by atoms with Crippen molar-refractivity contribution in [3.05, 3.63) is 88.2 Å². The maximum absolute atomic E-state index is 12.9. The second-order valence-corrected chi connectivity index (χ2v) is 11.1. The van der Waals surface area contributed by atoms with E-state index in [1.54, 1.807) is 7.11 Å². The Bertz CT molecular complexity index is 1250. The van der Waals surface area contributed by atoms with Gasteiger partial charge in [0.15, 0.2) is 0 Å². The Kier molecular flexibility index (Phi) is 10.2. The highest BCUT2D eigenvalue weighted by molar-refractivity contribution is 5.97. The lowest BCUT2D eigenvalue weighted by Crippen LogP contribution is -2.48. The van der Waals surface area contributed by atoms with E-state index in [4.69, 9.17) is 10.5 Å². The normalized spacial score (nSPS) is 15.1. The molecule has 2 aromatic carbocycles. The first kappa shape index (κ1) is 29.6. The molecule has 4 rings (SSSR count). The van der Waals surface area contributed by atoms with Crippen LogP contribution in [0.2, 0.25) is 0 Å². The summed E-state index contributed by atoms with van der Waals surface area (Å²) in [7, 11) is 1.70. The number of anilines is 1. The topological polar surface area (TPSA) is 83.7 Å². The molecule has 1 atom stereocenters. The number of hydrogen-bond acceptors (Lipinski definition) is 6. The number of carbonyl (C=O) groups is 1. The van der Waals surface area contributed by atoms with E-state index in [1.807, 2.05) is 50.5 Å². The predicted octanol–water partition coefficient (Wildman–Crippen LogP) is 5.15. The highest BCUT2D eigenvalue weighted by Crippen LogP contribution is 2.29. The molecule has 2 heterocycles. The van der Waals surface area contributed by atoms with Crippen molar-refractivity contribution in [1.82, 2.24) is 15.2 Å². The highest BCUT2D eigenvalue weighted by atomic mass is 16.5. The number of hydrogen-bond donors (Lipinski definition) is 2. The van der Waals surface area contributed by atoms with Gasteiger partial charge in [-0.15, -0.1) is 0 Å². The number of amides is 1. The molecule has 0 aliphatic carbocycles. The van der Waals surface area contributed by atoms with Crippen molar-refractivity contribution in [3.63, 3.8) is 0 Å². The van der Waals surface area contributed by atoms with E-state index in [-0.39, 0.29) is 5.91 Å². The summed E-state index contributed by atoms with van der Waals surface area (Å²) in [5.74, 6) is 0.875. The van der Waals surface area contributed by atoms with Gasteiger partial charge in [-0.2, -0.15) is 0 Å². The van der Waals surface area contributed by atoms with Gasteiger partial charge in [0.1, 0.15) is 5.75 Å². The maximum Gasteiger partial charge on any atom is 0.251 e. The second kappa shape index (κ2) is 13.8. The molecule has 214 valence electrons. The van der Waals surface area contributed by atoms with Gasteiger partial charge in [-0.3, -0.25) is 9.78 Å². The van der Waals surface area contributed by atoms with Gasteiger partial charge in [0.05, 0.1) is 7.11 Å². The number of methoxy groups -OCH3 is 1. The molecule has 40 heavy (non-hydrogen) atoms. The van der Waals surface area contributed by atoms with Crippen molar-refractivity contribution in [2.24, 2.45) is 5.73 Å². The lowest BCUT2D eigenvalue weighted by atomic mass is 9.98. The number of nitrogens with two attached hydrogens (primary N) is 1. The number of ether oxygens (including phenoxy) is 1. The lowest BCUT2D eigenvalue weighted by Gasteiger charge is -2.42. The van der Waals surface area contributed by atoms with Crippen molar-refractivity contribution in [2.45, 2.75) is 72.1 Å². The first-order valence-electron chi connectivity index (χ1n) is 14.4. The smallest absolute Gasteiger partial charge is 0.251 e. The van der Waals surface area contributed by atoms with E-state index >= 15 is 0 Å². The Morgan fingerprint density at radius 2 is 1.77 bits per heavy atom. The number of likely N-dealkylation sites (tertiary alicyclic amines) is 1. The summed E-state index contributed by atoms with van der Waals surface area (Å²) in [6.45, 7) is 12.5. The van der Waals surface area contributed by atoms with E-state index in [0.29, 0.717) is 25.2 Å². The van der Waals surface area contributed by atoms with Crippen molar-refractivity contribution in [2.75, 3.05) is 31.6 Å². The zero-order valence-electron chi connectivity index (χ0n) is 24.7. The molecule has 0 spiro atoms. The van der Waals surface area contributed by atoms with Crippen LogP contribution in [0.4, 0.5) is 5.69 Å². The summed E-state index contributed by atoms with van der Waals surface area (Å²) in [4.78, 5) is 22.4. The van der Waals surface area contributed by atoms with Crippen LogP contribution in [0.3, 0.4) is 0 Å². The standard InChI is InChI=1S/C33H45N5O2/c1-23-10-14-35-21-28(23)22-38(29-6-8-31(40-5)9-7-29)30-12-16-37(17-13-30)26(4)11-15-36-33(39)32-24(2)18-27(20-34)19-25(32)3/h6-10,14,18-19,21,26,30H,11-13,15-17,20,22,34H2,1-5H3,(H,36,39). The first-order valence-corrected chi connectivity index (χ1v) is 14.4. The molecule has 1 unspecified atom stereocenters. The van der Waals surface area contributed by atoms with Gasteiger partial charge in [-0.05, 0) is 105 Å². The first-order chi connectivity index (χ1) is 19.3. The van der Waals surface area contributed by atoms with E-state index in [1.165, 1.54) is 16.8 Å². The number of nitrogens with one attached hydrogen (secondary N) is 1. The highest BCUT2D eigenvalue weighted by Gasteiger charge is 2.28. The predicted molar refractivity (Wildman–Crippen MR) is 163 cm³/mol. The van der Waals surface area contributed by atoms with Gasteiger partial charge in [0, 0.05) is 68.5 Å². The van der Waals surface area contributed by atoms with Gasteiger partial charge in [0.2, 0.25) is 0 Å². The van der Waals surface area contributed by atoms with E-state index < -0.39 is 0 Å². The van der Waals surface area contributed by atoms with Gasteiger partial charge < -0.3 is 25.6 Å². The molecule has 7 heteroatoms. The third-order valence-corrected chi connectivity index (χ3v) is 8.36. The fourth-order valence-electron chi connectivity index (χ4n) is 5.88. The molecule has 1 amide bonds. The molecular formula is C33H45N5O2. The summed E-state index contributed by atoms with van der Waals surface area (Å²) in [6, 6.07) is 15.4. The number of pyridine rings is 1. The Balaban J connectivity index is 1.34. The van der Waals surface area contributed by atoms with Crippen molar-refractivity contribution >= 4 is 11.6 Å². The number of carbonyl (C=O) groups excluding carboxylic acids is 1. The van der Waals surface area contributed by atoms with Gasteiger partial charge in [-0.1, -0.05) is 12.1 Å². The Morgan fingerprint density at radius 3 is 2.38 bits per heavy atom. The third-order valence-electron chi connectivity index (χ3n) is 8.36. The number of nitrogens with zero attached hydrogens (tertiary/aromatic N) is 3. The lowest BCUT2D eigenvalue weighted by molar-refractivity contribution is 0.0944. The van der Waals surface area contributed by atoms with Gasteiger partial charge in [-0.25, -0.2) is 0 Å². The molecule has 7 nitrogen and oxygen atoms in total. The molecule has 1 aliphatic heterocycles. The average molecular weight is 544 g/mol. The molecule has 0 radical (unpaired) electrons.